The van der Waals surface area contributed by atoms with Crippen LogP contribution in [0.5, 0.6) is 0 Å². The van der Waals surface area contributed by atoms with E-state index in [2.05, 4.69) is 26.2 Å². The van der Waals surface area contributed by atoms with Gasteiger partial charge in [-0.15, -0.1) is 0 Å². The largest absolute Gasteiger partial charge is 0.394 e. The van der Waals surface area contributed by atoms with Crippen molar-refractivity contribution >= 4 is 21.6 Å². The third kappa shape index (κ3) is 2.95. The Morgan fingerprint density at radius 3 is 2.69 bits per heavy atom. The highest BCUT2D eigenvalue weighted by Crippen LogP contribution is 2.20. The summed E-state index contributed by atoms with van der Waals surface area (Å²) in [5.41, 5.74) is 0.808. The number of hydrogen-bond donors (Lipinski definition) is 3. The Bertz CT molecular complexity index is 266. The van der Waals surface area contributed by atoms with Gasteiger partial charge in [-0.3, -0.25) is 4.98 Å². The molecule has 1 heterocycles. The van der Waals surface area contributed by atoms with Crippen LogP contribution in [0.1, 0.15) is 0 Å². The first-order chi connectivity index (χ1) is 6.27. The summed E-state index contributed by atoms with van der Waals surface area (Å²) in [6.45, 7) is -0.212. The van der Waals surface area contributed by atoms with E-state index in [1.807, 2.05) is 0 Å². The first kappa shape index (κ1) is 10.4. The van der Waals surface area contributed by atoms with Gasteiger partial charge >= 0.3 is 0 Å². The predicted octanol–water partition coefficient (Wildman–Crippen LogP) is 0.609. The molecule has 0 fully saturated rings. The van der Waals surface area contributed by atoms with Crippen molar-refractivity contribution in [3.63, 3.8) is 0 Å². The second-order valence-electron chi connectivity index (χ2n) is 2.56. The molecule has 0 amide bonds. The Balaban J connectivity index is 2.67. The maximum atomic E-state index is 8.82. The molecule has 0 aliphatic rings. The first-order valence-corrected chi connectivity index (χ1v) is 4.65. The van der Waals surface area contributed by atoms with Crippen LogP contribution < -0.4 is 5.32 Å². The van der Waals surface area contributed by atoms with Gasteiger partial charge in [-0.25, -0.2) is 0 Å². The Hall–Kier alpha value is -0.650. The quantitative estimate of drug-likeness (QED) is 0.729. The standard InChI is InChI=1S/C8H11BrN2O2/c9-7-3-10-2-1-8(7)11-6(4-12)5-13/h1-3,6,12-13H,4-5H2,(H,10,11). The third-order valence-corrected chi connectivity index (χ3v) is 2.20. The van der Waals surface area contributed by atoms with Gasteiger partial charge in [0.15, 0.2) is 0 Å². The van der Waals surface area contributed by atoms with Crippen LogP contribution >= 0.6 is 15.9 Å². The maximum Gasteiger partial charge on any atom is 0.0723 e. The van der Waals surface area contributed by atoms with Gasteiger partial charge in [0, 0.05) is 12.4 Å². The second-order valence-corrected chi connectivity index (χ2v) is 3.42. The van der Waals surface area contributed by atoms with Crippen molar-refractivity contribution in [2.24, 2.45) is 0 Å². The lowest BCUT2D eigenvalue weighted by Crippen LogP contribution is -2.27. The molecule has 0 unspecified atom stereocenters. The van der Waals surface area contributed by atoms with Crippen LogP contribution in [0.2, 0.25) is 0 Å². The number of nitrogens with zero attached hydrogens (tertiary/aromatic N) is 1. The normalized spacial score (nSPS) is 10.5. The van der Waals surface area contributed by atoms with E-state index in [-0.39, 0.29) is 19.3 Å². The highest BCUT2D eigenvalue weighted by molar-refractivity contribution is 9.10. The Labute approximate surface area is 84.8 Å². The molecule has 4 nitrogen and oxygen atoms in total. The van der Waals surface area contributed by atoms with Gasteiger partial charge < -0.3 is 15.5 Å². The van der Waals surface area contributed by atoms with Crippen LogP contribution in [0.25, 0.3) is 0 Å². The lowest BCUT2D eigenvalue weighted by Gasteiger charge is -2.15. The fraction of sp³-hybridized carbons (Fsp3) is 0.375. The van der Waals surface area contributed by atoms with E-state index in [0.717, 1.165) is 10.2 Å². The van der Waals surface area contributed by atoms with Crippen LogP contribution in [0.15, 0.2) is 22.9 Å². The van der Waals surface area contributed by atoms with Crippen molar-refractivity contribution in [2.75, 3.05) is 18.5 Å². The molecule has 13 heavy (non-hydrogen) atoms. The number of aromatic nitrogens is 1. The van der Waals surface area contributed by atoms with Gasteiger partial charge in [-0.2, -0.15) is 0 Å². The molecular formula is C8H11BrN2O2. The van der Waals surface area contributed by atoms with Crippen LogP contribution in [0.3, 0.4) is 0 Å². The molecule has 0 aliphatic heterocycles. The Morgan fingerprint density at radius 1 is 1.46 bits per heavy atom. The van der Waals surface area contributed by atoms with E-state index in [1.54, 1.807) is 18.5 Å². The highest BCUT2D eigenvalue weighted by Gasteiger charge is 2.06. The number of pyridine rings is 1. The Kier molecular flexibility index (Phi) is 4.14. The van der Waals surface area contributed by atoms with Gasteiger partial charge in [0.05, 0.1) is 29.4 Å². The van der Waals surface area contributed by atoms with Gasteiger partial charge in [0.25, 0.3) is 0 Å². The molecule has 0 saturated heterocycles. The van der Waals surface area contributed by atoms with Crippen LogP contribution in [-0.4, -0.2) is 34.5 Å². The molecule has 0 saturated carbocycles. The van der Waals surface area contributed by atoms with Gasteiger partial charge in [-0.05, 0) is 22.0 Å². The molecule has 5 heteroatoms. The average Bonchev–Trinajstić information content (AvgIpc) is 2.17. The topological polar surface area (TPSA) is 65.4 Å². The van der Waals surface area contributed by atoms with E-state index in [0.29, 0.717) is 0 Å². The molecule has 0 radical (unpaired) electrons. The molecule has 72 valence electrons. The van der Waals surface area contributed by atoms with Crippen molar-refractivity contribution in [1.29, 1.82) is 0 Å². The lowest BCUT2D eigenvalue weighted by atomic mass is 10.3. The SMILES string of the molecule is OCC(CO)Nc1ccncc1Br. The van der Waals surface area contributed by atoms with Crippen molar-refractivity contribution in [3.8, 4) is 0 Å². The van der Waals surface area contributed by atoms with Gasteiger partial charge in [-0.1, -0.05) is 0 Å². The number of halogens is 1. The summed E-state index contributed by atoms with van der Waals surface area (Å²) in [6.07, 6.45) is 3.28. The molecule has 1 aromatic rings. The van der Waals surface area contributed by atoms with E-state index in [4.69, 9.17) is 10.2 Å². The number of nitrogens with one attached hydrogen (secondary N) is 1. The highest BCUT2D eigenvalue weighted by atomic mass is 79.9. The molecule has 0 atom stereocenters. The van der Waals surface area contributed by atoms with Crippen molar-refractivity contribution in [2.45, 2.75) is 6.04 Å². The lowest BCUT2D eigenvalue weighted by molar-refractivity contribution is 0.204. The van der Waals surface area contributed by atoms with Crippen LogP contribution in [0, 0.1) is 0 Å². The molecule has 0 bridgehead atoms. The zero-order chi connectivity index (χ0) is 9.68. The molecule has 1 aromatic heterocycles. The molecule has 0 spiro atoms. The smallest absolute Gasteiger partial charge is 0.0723 e. The zero-order valence-corrected chi connectivity index (χ0v) is 8.53. The van der Waals surface area contributed by atoms with Crippen LogP contribution in [-0.2, 0) is 0 Å². The van der Waals surface area contributed by atoms with Crippen molar-refractivity contribution in [1.82, 2.24) is 4.98 Å². The molecule has 0 aromatic carbocycles. The second kappa shape index (κ2) is 5.16. The maximum absolute atomic E-state index is 8.82. The van der Waals surface area contributed by atoms with E-state index in [9.17, 15) is 0 Å². The number of hydrogen-bond acceptors (Lipinski definition) is 4. The summed E-state index contributed by atoms with van der Waals surface area (Å²) in [5.74, 6) is 0. The van der Waals surface area contributed by atoms with E-state index in [1.165, 1.54) is 0 Å². The first-order valence-electron chi connectivity index (χ1n) is 3.85. The Morgan fingerprint density at radius 2 is 2.15 bits per heavy atom. The zero-order valence-electron chi connectivity index (χ0n) is 6.94. The number of aliphatic hydroxyl groups is 2. The van der Waals surface area contributed by atoms with Gasteiger partial charge in [0.1, 0.15) is 0 Å². The monoisotopic (exact) mass is 246 g/mol. The summed E-state index contributed by atoms with van der Waals surface area (Å²) in [6, 6.07) is 1.43. The molecule has 3 N–H and O–H groups in total. The van der Waals surface area contributed by atoms with Crippen LogP contribution in [0.4, 0.5) is 5.69 Å². The van der Waals surface area contributed by atoms with E-state index >= 15 is 0 Å². The molecular weight excluding hydrogens is 236 g/mol. The summed E-state index contributed by atoms with van der Waals surface area (Å²) >= 11 is 3.29. The number of rotatable bonds is 4. The predicted molar refractivity (Wildman–Crippen MR) is 53.5 cm³/mol. The summed E-state index contributed by atoms with van der Waals surface area (Å²) < 4.78 is 0.807. The van der Waals surface area contributed by atoms with Gasteiger partial charge in [0.2, 0.25) is 0 Å². The fourth-order valence-electron chi connectivity index (χ4n) is 0.861. The third-order valence-electron chi connectivity index (χ3n) is 1.57. The fourth-order valence-corrected chi connectivity index (χ4v) is 1.23. The minimum absolute atomic E-state index is 0.106. The minimum atomic E-state index is -0.335. The average molecular weight is 247 g/mol. The summed E-state index contributed by atoms with van der Waals surface area (Å²) in [7, 11) is 0. The molecule has 0 aliphatic carbocycles. The van der Waals surface area contributed by atoms with Crippen molar-refractivity contribution < 1.29 is 10.2 Å². The molecule has 1 rings (SSSR count). The summed E-state index contributed by atoms with van der Waals surface area (Å²) in [4.78, 5) is 3.89. The summed E-state index contributed by atoms with van der Waals surface area (Å²) in [5, 5.41) is 20.6. The minimum Gasteiger partial charge on any atom is -0.394 e. The number of anilines is 1. The van der Waals surface area contributed by atoms with Crippen molar-refractivity contribution in [3.05, 3.63) is 22.9 Å². The van der Waals surface area contributed by atoms with E-state index < -0.39 is 0 Å². The number of aliphatic hydroxyl groups excluding tert-OH is 2.